The molecule has 0 amide bonds. The normalized spacial score (nSPS) is 18.8. The number of rotatable bonds is 13. The molecule has 4 aliphatic rings. The van der Waals surface area contributed by atoms with Gasteiger partial charge in [-0.1, -0.05) is 161 Å². The first-order valence-electron chi connectivity index (χ1n) is 24.9. The maximum atomic E-state index is 2.54. The molecule has 2 saturated carbocycles. The molecule has 2 aliphatic carbocycles. The van der Waals surface area contributed by atoms with Crippen LogP contribution < -0.4 is 20.7 Å². The van der Waals surface area contributed by atoms with Gasteiger partial charge in [0.2, 0.25) is 0 Å². The zero-order valence-corrected chi connectivity index (χ0v) is 44.9. The van der Waals surface area contributed by atoms with E-state index in [2.05, 4.69) is 231 Å². The van der Waals surface area contributed by atoms with E-state index in [-0.39, 0.29) is 0 Å². The van der Waals surface area contributed by atoms with Gasteiger partial charge in [-0.3, -0.25) is 0 Å². The van der Waals surface area contributed by atoms with Crippen molar-refractivity contribution in [3.8, 4) is 9.75 Å². The SMILES string of the molecule is CCC1(CC)CC2=C(c3cccs3)[Si](c3ccccc3)(c3ccccc3)C(c3ccc(-c4ccc(C5=C6CC(CC)(CC)CC6=C(c6cccs6)[Si]5(c5ccccc5)c5ccccc5)s4)s3)=C2C1. The van der Waals surface area contributed by atoms with Crippen molar-refractivity contribution in [3.05, 3.63) is 222 Å². The largest absolute Gasteiger partial charge is 0.183 e. The highest BCUT2D eigenvalue weighted by Crippen LogP contribution is 2.64. The molecule has 8 aromatic rings. The molecule has 0 unspecified atom stereocenters. The predicted molar refractivity (Wildman–Crippen MR) is 304 cm³/mol. The van der Waals surface area contributed by atoms with Gasteiger partial charge in [-0.15, -0.1) is 45.3 Å². The minimum Gasteiger partial charge on any atom is -0.145 e. The lowest BCUT2D eigenvalue weighted by Gasteiger charge is -2.36. The average molecular weight is 988 g/mol. The summed E-state index contributed by atoms with van der Waals surface area (Å²) < 4.78 is 0. The van der Waals surface area contributed by atoms with Crippen molar-refractivity contribution in [2.75, 3.05) is 0 Å². The Morgan fingerprint density at radius 3 is 0.868 bits per heavy atom. The summed E-state index contributed by atoms with van der Waals surface area (Å²) >= 11 is 8.02. The van der Waals surface area contributed by atoms with E-state index in [1.54, 1.807) is 43.1 Å². The third kappa shape index (κ3) is 6.58. The summed E-state index contributed by atoms with van der Waals surface area (Å²) in [5, 5.41) is 17.2. The van der Waals surface area contributed by atoms with Gasteiger partial charge in [0, 0.05) is 29.3 Å². The second-order valence-corrected chi connectivity index (χ2v) is 31.2. The van der Waals surface area contributed by atoms with E-state index in [0.29, 0.717) is 10.8 Å². The van der Waals surface area contributed by atoms with Crippen LogP contribution in [0.3, 0.4) is 0 Å². The van der Waals surface area contributed by atoms with E-state index >= 15 is 0 Å². The van der Waals surface area contributed by atoms with Crippen LogP contribution in [0.4, 0.5) is 0 Å². The maximum Gasteiger partial charge on any atom is 0.183 e. The van der Waals surface area contributed by atoms with E-state index in [1.807, 2.05) is 22.7 Å². The maximum absolute atomic E-state index is 2.76. The first-order valence-corrected chi connectivity index (χ1v) is 32.3. The number of hydrogen-bond acceptors (Lipinski definition) is 4. The van der Waals surface area contributed by atoms with E-state index in [9.17, 15) is 0 Å². The number of hydrogen-bond donors (Lipinski definition) is 0. The fraction of sp³-hybridized carbons (Fsp3) is 0.226. The van der Waals surface area contributed by atoms with Gasteiger partial charge in [-0.2, -0.15) is 0 Å². The van der Waals surface area contributed by atoms with Crippen LogP contribution in [0, 0.1) is 10.8 Å². The molecule has 0 radical (unpaired) electrons. The van der Waals surface area contributed by atoms with Crippen molar-refractivity contribution in [3.63, 3.8) is 0 Å². The Labute approximate surface area is 421 Å². The summed E-state index contributed by atoms with van der Waals surface area (Å²) in [5.74, 6) is 0. The minimum atomic E-state index is -2.76. The van der Waals surface area contributed by atoms with Gasteiger partial charge in [0.05, 0.1) is 0 Å². The molecule has 0 atom stereocenters. The Kier molecular flexibility index (Phi) is 11.4. The van der Waals surface area contributed by atoms with Gasteiger partial charge in [0.15, 0.2) is 16.1 Å². The monoisotopic (exact) mass is 986 g/mol. The van der Waals surface area contributed by atoms with Crippen molar-refractivity contribution in [1.82, 2.24) is 0 Å². The molecule has 68 heavy (non-hydrogen) atoms. The van der Waals surface area contributed by atoms with Crippen LogP contribution in [0.1, 0.15) is 98.6 Å². The first kappa shape index (κ1) is 44.3. The first-order chi connectivity index (χ1) is 33.4. The molecule has 6 heteroatoms. The predicted octanol–water partition coefficient (Wildman–Crippen LogP) is 15.9. The summed E-state index contributed by atoms with van der Waals surface area (Å²) in [6, 6.07) is 66.4. The van der Waals surface area contributed by atoms with Crippen molar-refractivity contribution in [2.45, 2.75) is 79.1 Å². The molecule has 4 aromatic carbocycles. The van der Waals surface area contributed by atoms with Gasteiger partial charge in [-0.05, 0) is 173 Å². The molecule has 338 valence electrons. The number of benzene rings is 4. The van der Waals surface area contributed by atoms with Crippen LogP contribution in [0.5, 0.6) is 0 Å². The summed E-state index contributed by atoms with van der Waals surface area (Å²) in [4.78, 5) is 8.63. The molecule has 0 bridgehead atoms. The van der Waals surface area contributed by atoms with Crippen LogP contribution in [0.15, 0.2) is 203 Å². The van der Waals surface area contributed by atoms with Crippen LogP contribution in [-0.2, 0) is 0 Å². The van der Waals surface area contributed by atoms with E-state index in [0.717, 1.165) is 12.8 Å². The number of thiophene rings is 4. The highest BCUT2D eigenvalue weighted by molar-refractivity contribution is 7.34. The lowest BCUT2D eigenvalue weighted by molar-refractivity contribution is 0.287. The molecular formula is C62H58S4Si2. The van der Waals surface area contributed by atoms with Gasteiger partial charge >= 0.3 is 0 Å². The number of fused-ring (bicyclic) bond motifs is 2. The van der Waals surface area contributed by atoms with Crippen molar-refractivity contribution in [2.24, 2.45) is 10.8 Å². The lowest BCUT2D eigenvalue weighted by atomic mass is 9.80. The molecule has 0 N–H and O–H groups in total. The Morgan fingerprint density at radius 2 is 0.603 bits per heavy atom. The Morgan fingerprint density at radius 1 is 0.324 bits per heavy atom. The molecular weight excluding hydrogens is 929 g/mol. The standard InChI is InChI=1S/C62H58S4Si2/c1-5-61(6-2)39-47-49(41-61)59(67(43-23-13-9-14-24-43,44-25-15-10-16-26-44)57(47)53-31-21-37-63-53)55-35-33-51(65-55)52-34-36-56(66-52)60-50-42-62(7-3,8-4)40-48(50)58(54-32-22-38-64-54)68(60,45-27-17-11-18-28-45)46-29-19-12-20-30-46/h9-38H,5-8,39-42H2,1-4H3. The number of allylic oxidation sites excluding steroid dienone is 4. The molecule has 12 rings (SSSR count). The van der Waals surface area contributed by atoms with Gasteiger partial charge < -0.3 is 0 Å². The van der Waals surface area contributed by atoms with E-state index in [4.69, 9.17) is 0 Å². The van der Waals surface area contributed by atoms with Crippen LogP contribution >= 0.6 is 45.3 Å². The molecule has 2 aliphatic heterocycles. The summed E-state index contributed by atoms with van der Waals surface area (Å²) in [5.41, 5.74) is 7.23. The fourth-order valence-electron chi connectivity index (χ4n) is 13.3. The Bertz CT molecular complexity index is 2940. The average Bonchev–Trinajstić information content (AvgIpc) is 4.27. The van der Waals surface area contributed by atoms with Crippen LogP contribution in [-0.4, -0.2) is 16.1 Å². The molecule has 0 spiro atoms. The van der Waals surface area contributed by atoms with Gasteiger partial charge in [0.1, 0.15) is 0 Å². The van der Waals surface area contributed by atoms with Gasteiger partial charge in [0.25, 0.3) is 0 Å². The highest BCUT2D eigenvalue weighted by atomic mass is 32.1. The smallest absolute Gasteiger partial charge is 0.145 e. The summed E-state index contributed by atoms with van der Waals surface area (Å²) in [6.45, 7) is 9.77. The molecule has 4 aromatic heterocycles. The lowest BCUT2D eigenvalue weighted by Crippen LogP contribution is -2.59. The van der Waals surface area contributed by atoms with Crippen LogP contribution in [0.25, 0.3) is 30.5 Å². The zero-order valence-electron chi connectivity index (χ0n) is 39.6. The van der Waals surface area contributed by atoms with Crippen molar-refractivity contribution >= 4 is 103 Å². The van der Waals surface area contributed by atoms with Crippen LogP contribution in [0.2, 0.25) is 0 Å². The quantitative estimate of drug-likeness (QED) is 0.101. The summed E-state index contributed by atoms with van der Waals surface area (Å²) in [7, 11) is -5.53. The third-order valence-electron chi connectivity index (χ3n) is 17.0. The van der Waals surface area contributed by atoms with E-state index < -0.39 is 16.1 Å². The Hall–Kier alpha value is -4.93. The van der Waals surface area contributed by atoms with Crippen molar-refractivity contribution < 1.29 is 0 Å². The zero-order chi connectivity index (χ0) is 46.1. The molecule has 6 heterocycles. The highest BCUT2D eigenvalue weighted by Gasteiger charge is 2.58. The summed E-state index contributed by atoms with van der Waals surface area (Å²) in [6.07, 6.45) is 9.47. The Balaban J connectivity index is 1.07. The van der Waals surface area contributed by atoms with Gasteiger partial charge in [-0.25, -0.2) is 0 Å². The second kappa shape index (κ2) is 17.5. The minimum absolute atomic E-state index is 0.293. The fourth-order valence-corrected chi connectivity index (χ4v) is 30.1. The topological polar surface area (TPSA) is 0 Å². The molecule has 0 saturated heterocycles. The second-order valence-electron chi connectivity index (χ2n) is 19.8. The third-order valence-corrected chi connectivity index (χ3v) is 31.9. The molecule has 2 fully saturated rings. The molecule has 0 nitrogen and oxygen atoms in total. The van der Waals surface area contributed by atoms with E-state index in [1.165, 1.54) is 88.5 Å². The van der Waals surface area contributed by atoms with Crippen molar-refractivity contribution in [1.29, 1.82) is 0 Å².